The van der Waals surface area contributed by atoms with E-state index in [1.165, 1.54) is 29.7 Å². The zero-order valence-electron chi connectivity index (χ0n) is 15.9. The predicted octanol–water partition coefficient (Wildman–Crippen LogP) is 4.39. The van der Waals surface area contributed by atoms with E-state index in [4.69, 9.17) is 4.74 Å². The van der Waals surface area contributed by atoms with E-state index in [0.29, 0.717) is 17.9 Å². The number of pyridine rings is 1. The van der Waals surface area contributed by atoms with Crippen molar-refractivity contribution in [2.75, 3.05) is 18.5 Å². The largest absolute Gasteiger partial charge is 0.443 e. The van der Waals surface area contributed by atoms with Crippen molar-refractivity contribution >= 4 is 11.9 Å². The van der Waals surface area contributed by atoms with E-state index in [0.717, 1.165) is 6.54 Å². The summed E-state index contributed by atoms with van der Waals surface area (Å²) in [6.45, 7) is 11.2. The Morgan fingerprint density at radius 3 is 2.58 bits per heavy atom. The van der Waals surface area contributed by atoms with Gasteiger partial charge in [0.15, 0.2) is 0 Å². The summed E-state index contributed by atoms with van der Waals surface area (Å²) in [5.74, 6) is 0.611. The average Bonchev–Trinajstić information content (AvgIpc) is 2.52. The Labute approximate surface area is 146 Å². The molecule has 1 aromatic rings. The van der Waals surface area contributed by atoms with Gasteiger partial charge in [0.25, 0.3) is 0 Å². The van der Waals surface area contributed by atoms with Gasteiger partial charge in [-0.3, -0.25) is 9.80 Å². The second-order valence-corrected chi connectivity index (χ2v) is 7.83. The third-order valence-corrected chi connectivity index (χ3v) is 4.37. The predicted molar refractivity (Wildman–Crippen MR) is 97.3 cm³/mol. The molecule has 1 aromatic heterocycles. The second-order valence-electron chi connectivity index (χ2n) is 7.83. The van der Waals surface area contributed by atoms with Crippen molar-refractivity contribution in [2.24, 2.45) is 0 Å². The number of piperidine rings is 1. The highest BCUT2D eigenvalue weighted by Gasteiger charge is 2.26. The van der Waals surface area contributed by atoms with E-state index in [-0.39, 0.29) is 6.09 Å². The molecule has 5 nitrogen and oxygen atoms in total. The molecule has 134 valence electrons. The smallest absolute Gasteiger partial charge is 0.415 e. The molecule has 2 rings (SSSR count). The van der Waals surface area contributed by atoms with Crippen LogP contribution in [-0.4, -0.2) is 41.2 Å². The van der Waals surface area contributed by atoms with E-state index in [1.54, 1.807) is 7.05 Å². The first-order valence-corrected chi connectivity index (χ1v) is 8.87. The standard InChI is InChI=1S/C19H31N3O2/c1-14(2)22-12-8-7-9-16(22)15-10-11-17(20-13-15)21(6)18(23)24-19(3,4)5/h10-11,13-14,16H,7-9,12H2,1-6H3. The highest BCUT2D eigenvalue weighted by Crippen LogP contribution is 2.32. The first kappa shape index (κ1) is 18.7. The SMILES string of the molecule is CC(C)N1CCCCC1c1ccc(N(C)C(=O)OC(C)(C)C)nc1. The zero-order valence-corrected chi connectivity index (χ0v) is 15.9. The van der Waals surface area contributed by atoms with Crippen LogP contribution in [-0.2, 0) is 4.74 Å². The molecule has 0 aliphatic carbocycles. The summed E-state index contributed by atoms with van der Waals surface area (Å²) in [4.78, 5) is 20.6. The van der Waals surface area contributed by atoms with Crippen molar-refractivity contribution in [3.8, 4) is 0 Å². The van der Waals surface area contributed by atoms with Crippen molar-refractivity contribution in [2.45, 2.75) is 71.6 Å². The summed E-state index contributed by atoms with van der Waals surface area (Å²) in [7, 11) is 1.69. The van der Waals surface area contributed by atoms with Crippen LogP contribution in [0.4, 0.5) is 10.6 Å². The Balaban J connectivity index is 2.11. The number of hydrogen-bond acceptors (Lipinski definition) is 4. The van der Waals surface area contributed by atoms with Gasteiger partial charge in [-0.15, -0.1) is 0 Å². The quantitative estimate of drug-likeness (QED) is 0.823. The third kappa shape index (κ3) is 4.69. The summed E-state index contributed by atoms with van der Waals surface area (Å²) < 4.78 is 5.39. The molecule has 5 heteroatoms. The molecule has 0 N–H and O–H groups in total. The van der Waals surface area contributed by atoms with Crippen LogP contribution >= 0.6 is 0 Å². The lowest BCUT2D eigenvalue weighted by atomic mass is 9.95. The Morgan fingerprint density at radius 2 is 2.04 bits per heavy atom. The maximum absolute atomic E-state index is 12.1. The number of ether oxygens (including phenoxy) is 1. The number of aromatic nitrogens is 1. The molecule has 1 atom stereocenters. The van der Waals surface area contributed by atoms with Crippen molar-refractivity contribution in [1.82, 2.24) is 9.88 Å². The summed E-state index contributed by atoms with van der Waals surface area (Å²) in [5, 5.41) is 0. The van der Waals surface area contributed by atoms with Crippen LogP contribution in [0.25, 0.3) is 0 Å². The number of nitrogens with zero attached hydrogens (tertiary/aromatic N) is 3. The van der Waals surface area contributed by atoms with E-state index in [9.17, 15) is 4.79 Å². The highest BCUT2D eigenvalue weighted by atomic mass is 16.6. The molecule has 0 bridgehead atoms. The molecular weight excluding hydrogens is 302 g/mol. The van der Waals surface area contributed by atoms with Crippen LogP contribution in [0.15, 0.2) is 18.3 Å². The fourth-order valence-corrected chi connectivity index (χ4v) is 3.15. The number of carbonyl (C=O) groups is 1. The van der Waals surface area contributed by atoms with Gasteiger partial charge in [0, 0.05) is 25.3 Å². The Kier molecular flexibility index (Phi) is 5.86. The van der Waals surface area contributed by atoms with Crippen molar-refractivity contribution in [3.63, 3.8) is 0 Å². The Hall–Kier alpha value is -1.62. The van der Waals surface area contributed by atoms with Gasteiger partial charge in [-0.2, -0.15) is 0 Å². The topological polar surface area (TPSA) is 45.7 Å². The number of carbonyl (C=O) groups excluding carboxylic acids is 1. The summed E-state index contributed by atoms with van der Waals surface area (Å²) in [6.07, 6.45) is 5.21. The van der Waals surface area contributed by atoms with Crippen LogP contribution in [0.2, 0.25) is 0 Å². The van der Waals surface area contributed by atoms with E-state index in [2.05, 4.69) is 29.8 Å². The lowest BCUT2D eigenvalue weighted by Gasteiger charge is -2.38. The molecule has 0 radical (unpaired) electrons. The van der Waals surface area contributed by atoms with Gasteiger partial charge in [-0.25, -0.2) is 9.78 Å². The van der Waals surface area contributed by atoms with Gasteiger partial charge in [0.2, 0.25) is 0 Å². The third-order valence-electron chi connectivity index (χ3n) is 4.37. The summed E-state index contributed by atoms with van der Waals surface area (Å²) in [5.41, 5.74) is 0.718. The highest BCUT2D eigenvalue weighted by molar-refractivity contribution is 5.85. The van der Waals surface area contributed by atoms with Gasteiger partial charge >= 0.3 is 6.09 Å². The molecule has 1 fully saturated rings. The second kappa shape index (κ2) is 7.51. The minimum absolute atomic E-state index is 0.385. The average molecular weight is 333 g/mol. The maximum atomic E-state index is 12.1. The number of likely N-dealkylation sites (tertiary alicyclic amines) is 1. The minimum Gasteiger partial charge on any atom is -0.443 e. The molecule has 1 aliphatic heterocycles. The van der Waals surface area contributed by atoms with Crippen molar-refractivity contribution in [1.29, 1.82) is 0 Å². The van der Waals surface area contributed by atoms with E-state index in [1.807, 2.05) is 33.0 Å². The fraction of sp³-hybridized carbons (Fsp3) is 0.684. The number of hydrogen-bond donors (Lipinski definition) is 0. The van der Waals surface area contributed by atoms with Gasteiger partial charge in [-0.1, -0.05) is 12.5 Å². The Bertz CT molecular complexity index is 549. The number of amides is 1. The molecule has 1 unspecified atom stereocenters. The Morgan fingerprint density at radius 1 is 1.33 bits per heavy atom. The monoisotopic (exact) mass is 333 g/mol. The molecule has 0 spiro atoms. The molecule has 24 heavy (non-hydrogen) atoms. The van der Waals surface area contributed by atoms with Gasteiger partial charge in [0.1, 0.15) is 11.4 Å². The van der Waals surface area contributed by atoms with Crippen LogP contribution < -0.4 is 4.90 Å². The maximum Gasteiger partial charge on any atom is 0.415 e. The molecule has 0 aromatic carbocycles. The van der Waals surface area contributed by atoms with Crippen LogP contribution in [0, 0.1) is 0 Å². The molecule has 1 saturated heterocycles. The van der Waals surface area contributed by atoms with Crippen LogP contribution in [0.3, 0.4) is 0 Å². The van der Waals surface area contributed by atoms with Crippen molar-refractivity contribution in [3.05, 3.63) is 23.9 Å². The molecule has 2 heterocycles. The van der Waals surface area contributed by atoms with E-state index >= 15 is 0 Å². The minimum atomic E-state index is -0.509. The zero-order chi connectivity index (χ0) is 17.9. The molecular formula is C19H31N3O2. The number of rotatable bonds is 3. The molecule has 1 aliphatic rings. The first-order chi connectivity index (χ1) is 11.2. The van der Waals surface area contributed by atoms with Gasteiger partial charge < -0.3 is 4.74 Å². The lowest BCUT2D eigenvalue weighted by molar-refractivity contribution is 0.0588. The lowest BCUT2D eigenvalue weighted by Crippen LogP contribution is -2.38. The van der Waals surface area contributed by atoms with Gasteiger partial charge in [0.05, 0.1) is 0 Å². The van der Waals surface area contributed by atoms with Crippen LogP contribution in [0.5, 0.6) is 0 Å². The van der Waals surface area contributed by atoms with E-state index < -0.39 is 5.60 Å². The molecule has 0 saturated carbocycles. The van der Waals surface area contributed by atoms with Crippen molar-refractivity contribution < 1.29 is 9.53 Å². The first-order valence-electron chi connectivity index (χ1n) is 8.87. The van der Waals surface area contributed by atoms with Gasteiger partial charge in [-0.05, 0) is 65.6 Å². The normalized spacial score (nSPS) is 19.4. The fourth-order valence-electron chi connectivity index (χ4n) is 3.15. The molecule has 1 amide bonds. The summed E-state index contributed by atoms with van der Waals surface area (Å²) in [6, 6.07) is 4.95. The van der Waals surface area contributed by atoms with Crippen LogP contribution in [0.1, 0.15) is 65.5 Å². The summed E-state index contributed by atoms with van der Waals surface area (Å²) >= 11 is 0. The number of anilines is 1.